The van der Waals surface area contributed by atoms with Crippen molar-refractivity contribution in [3.63, 3.8) is 0 Å². The van der Waals surface area contributed by atoms with Crippen LogP contribution in [0.3, 0.4) is 0 Å². The van der Waals surface area contributed by atoms with Gasteiger partial charge in [0.25, 0.3) is 0 Å². The fraction of sp³-hybridized carbons (Fsp3) is 0.636. The van der Waals surface area contributed by atoms with Gasteiger partial charge in [0.2, 0.25) is 5.95 Å². The summed E-state index contributed by atoms with van der Waals surface area (Å²) in [6.45, 7) is 7.23. The molecular formula is C11H18BrN3. The predicted octanol–water partition coefficient (Wildman–Crippen LogP) is 2.74. The number of hydrogen-bond acceptors (Lipinski definition) is 3. The van der Waals surface area contributed by atoms with E-state index in [0.717, 1.165) is 29.2 Å². The van der Waals surface area contributed by atoms with Crippen LogP contribution in [0, 0.1) is 6.92 Å². The molecule has 0 spiro atoms. The third kappa shape index (κ3) is 3.45. The van der Waals surface area contributed by atoms with Crippen molar-refractivity contribution in [1.82, 2.24) is 9.97 Å². The van der Waals surface area contributed by atoms with Gasteiger partial charge in [0, 0.05) is 30.3 Å². The first kappa shape index (κ1) is 12.4. The van der Waals surface area contributed by atoms with Gasteiger partial charge in [0.1, 0.15) is 0 Å². The smallest absolute Gasteiger partial charge is 0.225 e. The molecule has 1 aromatic rings. The predicted molar refractivity (Wildman–Crippen MR) is 67.9 cm³/mol. The third-order valence-electron chi connectivity index (χ3n) is 2.22. The average molecular weight is 272 g/mol. The molecule has 0 saturated heterocycles. The molecule has 0 bridgehead atoms. The second-order valence-corrected chi connectivity index (χ2v) is 4.79. The zero-order valence-electron chi connectivity index (χ0n) is 9.79. The maximum absolute atomic E-state index is 4.55. The van der Waals surface area contributed by atoms with Crippen molar-refractivity contribution < 1.29 is 0 Å². The summed E-state index contributed by atoms with van der Waals surface area (Å²) in [5.41, 5.74) is 2.14. The molecule has 1 rings (SSSR count). The molecule has 0 aliphatic heterocycles. The summed E-state index contributed by atoms with van der Waals surface area (Å²) in [5, 5.41) is 0.928. The van der Waals surface area contributed by atoms with Gasteiger partial charge in [-0.05, 0) is 18.9 Å². The van der Waals surface area contributed by atoms with Gasteiger partial charge in [0.05, 0.1) is 0 Å². The quantitative estimate of drug-likeness (QED) is 0.789. The van der Waals surface area contributed by atoms with Crippen molar-refractivity contribution in [2.45, 2.75) is 26.7 Å². The SMILES string of the molecule is Cc1cc(C(C)C)nc(N(C)CCBr)n1. The van der Waals surface area contributed by atoms with Crippen LogP contribution in [0.15, 0.2) is 6.07 Å². The minimum absolute atomic E-state index is 0.447. The van der Waals surface area contributed by atoms with Crippen LogP contribution in [-0.4, -0.2) is 28.9 Å². The Morgan fingerprint density at radius 1 is 1.40 bits per heavy atom. The fourth-order valence-electron chi connectivity index (χ4n) is 1.27. The molecule has 4 heteroatoms. The summed E-state index contributed by atoms with van der Waals surface area (Å²) in [6.07, 6.45) is 0. The Morgan fingerprint density at radius 3 is 2.60 bits per heavy atom. The normalized spacial score (nSPS) is 10.8. The molecule has 0 aliphatic carbocycles. The van der Waals surface area contributed by atoms with E-state index in [1.807, 2.05) is 14.0 Å². The van der Waals surface area contributed by atoms with E-state index >= 15 is 0 Å². The van der Waals surface area contributed by atoms with Crippen LogP contribution in [0.4, 0.5) is 5.95 Å². The summed E-state index contributed by atoms with van der Waals surface area (Å²) < 4.78 is 0. The summed E-state index contributed by atoms with van der Waals surface area (Å²) in [7, 11) is 2.01. The highest BCUT2D eigenvalue weighted by molar-refractivity contribution is 9.09. The van der Waals surface area contributed by atoms with Crippen molar-refractivity contribution in [2.75, 3.05) is 23.8 Å². The second kappa shape index (κ2) is 5.45. The molecule has 15 heavy (non-hydrogen) atoms. The molecule has 0 atom stereocenters. The Balaban J connectivity index is 2.98. The molecule has 0 amide bonds. The Hall–Kier alpha value is -0.640. The van der Waals surface area contributed by atoms with Crippen LogP contribution in [0.25, 0.3) is 0 Å². The third-order valence-corrected chi connectivity index (χ3v) is 2.57. The summed E-state index contributed by atoms with van der Waals surface area (Å²) in [6, 6.07) is 2.05. The highest BCUT2D eigenvalue weighted by Gasteiger charge is 2.08. The maximum atomic E-state index is 4.55. The van der Waals surface area contributed by atoms with Crippen LogP contribution in [0.2, 0.25) is 0 Å². The topological polar surface area (TPSA) is 29.0 Å². The van der Waals surface area contributed by atoms with Crippen molar-refractivity contribution in [3.8, 4) is 0 Å². The summed E-state index contributed by atoms with van der Waals surface area (Å²) >= 11 is 3.42. The van der Waals surface area contributed by atoms with Gasteiger partial charge in [-0.3, -0.25) is 0 Å². The largest absolute Gasteiger partial charge is 0.343 e. The van der Waals surface area contributed by atoms with Crippen molar-refractivity contribution >= 4 is 21.9 Å². The van der Waals surface area contributed by atoms with E-state index in [0.29, 0.717) is 5.92 Å². The lowest BCUT2D eigenvalue weighted by Crippen LogP contribution is -2.22. The Labute approximate surface area is 100 Å². The molecule has 0 unspecified atom stereocenters. The van der Waals surface area contributed by atoms with Crippen LogP contribution >= 0.6 is 15.9 Å². The van der Waals surface area contributed by atoms with Gasteiger partial charge >= 0.3 is 0 Å². The van der Waals surface area contributed by atoms with Crippen LogP contribution in [-0.2, 0) is 0 Å². The molecule has 0 fully saturated rings. The molecule has 0 aromatic carbocycles. The van der Waals surface area contributed by atoms with E-state index in [4.69, 9.17) is 0 Å². The number of hydrogen-bond donors (Lipinski definition) is 0. The number of nitrogens with zero attached hydrogens (tertiary/aromatic N) is 3. The first-order chi connectivity index (χ1) is 7.04. The number of rotatable bonds is 4. The van der Waals surface area contributed by atoms with Crippen molar-refractivity contribution in [1.29, 1.82) is 0 Å². The molecule has 0 radical (unpaired) electrons. The molecule has 0 aliphatic rings. The van der Waals surface area contributed by atoms with E-state index in [1.54, 1.807) is 0 Å². The van der Waals surface area contributed by atoms with Crippen LogP contribution in [0.1, 0.15) is 31.2 Å². The molecule has 1 aromatic heterocycles. The van der Waals surface area contributed by atoms with Crippen molar-refractivity contribution in [3.05, 3.63) is 17.5 Å². The zero-order chi connectivity index (χ0) is 11.4. The Kier molecular flexibility index (Phi) is 4.51. The average Bonchev–Trinajstić information content (AvgIpc) is 2.17. The second-order valence-electron chi connectivity index (χ2n) is 4.00. The number of alkyl halides is 1. The molecular weight excluding hydrogens is 254 g/mol. The molecule has 84 valence electrons. The highest BCUT2D eigenvalue weighted by atomic mass is 79.9. The van der Waals surface area contributed by atoms with Gasteiger partial charge in [-0.25, -0.2) is 9.97 Å². The van der Waals surface area contributed by atoms with E-state index in [-0.39, 0.29) is 0 Å². The first-order valence-electron chi connectivity index (χ1n) is 5.17. The molecule has 0 N–H and O–H groups in total. The van der Waals surface area contributed by atoms with Gasteiger partial charge in [-0.1, -0.05) is 29.8 Å². The highest BCUT2D eigenvalue weighted by Crippen LogP contribution is 2.16. The minimum atomic E-state index is 0.447. The van der Waals surface area contributed by atoms with Gasteiger partial charge < -0.3 is 4.90 Å². The monoisotopic (exact) mass is 271 g/mol. The van der Waals surface area contributed by atoms with Crippen molar-refractivity contribution in [2.24, 2.45) is 0 Å². The minimum Gasteiger partial charge on any atom is -0.343 e. The van der Waals surface area contributed by atoms with E-state index in [2.05, 4.69) is 50.7 Å². The Bertz CT molecular complexity index is 326. The number of aromatic nitrogens is 2. The number of anilines is 1. The molecule has 3 nitrogen and oxygen atoms in total. The lowest BCUT2D eigenvalue weighted by molar-refractivity contribution is 0.792. The lowest BCUT2D eigenvalue weighted by atomic mass is 10.1. The summed E-state index contributed by atoms with van der Waals surface area (Å²) in [4.78, 5) is 11.0. The number of aryl methyl sites for hydroxylation is 1. The Morgan fingerprint density at radius 2 is 2.07 bits per heavy atom. The first-order valence-corrected chi connectivity index (χ1v) is 6.29. The maximum Gasteiger partial charge on any atom is 0.225 e. The molecule has 1 heterocycles. The van der Waals surface area contributed by atoms with Gasteiger partial charge in [-0.2, -0.15) is 0 Å². The van der Waals surface area contributed by atoms with Gasteiger partial charge in [-0.15, -0.1) is 0 Å². The van der Waals surface area contributed by atoms with Crippen LogP contribution < -0.4 is 4.90 Å². The van der Waals surface area contributed by atoms with E-state index in [9.17, 15) is 0 Å². The lowest BCUT2D eigenvalue weighted by Gasteiger charge is -2.17. The standard InChI is InChI=1S/C11H18BrN3/c1-8(2)10-7-9(3)13-11(14-10)15(4)6-5-12/h7-8H,5-6H2,1-4H3. The summed E-state index contributed by atoms with van der Waals surface area (Å²) in [5.74, 6) is 1.26. The van der Waals surface area contributed by atoms with E-state index in [1.165, 1.54) is 0 Å². The number of halogens is 1. The van der Waals surface area contributed by atoms with Gasteiger partial charge in [0.15, 0.2) is 0 Å². The zero-order valence-corrected chi connectivity index (χ0v) is 11.4. The molecule has 0 saturated carbocycles. The van der Waals surface area contributed by atoms with Crippen LogP contribution in [0.5, 0.6) is 0 Å². The van der Waals surface area contributed by atoms with E-state index < -0.39 is 0 Å². The fourth-order valence-corrected chi connectivity index (χ4v) is 1.80.